The van der Waals surface area contributed by atoms with E-state index in [2.05, 4.69) is 10.2 Å². The van der Waals surface area contributed by atoms with Crippen LogP contribution in [0.4, 0.5) is 0 Å². The lowest BCUT2D eigenvalue weighted by atomic mass is 10.0. The van der Waals surface area contributed by atoms with Crippen molar-refractivity contribution in [1.29, 1.82) is 0 Å². The Morgan fingerprint density at radius 1 is 1.30 bits per heavy atom. The first-order chi connectivity index (χ1) is 4.95. The minimum absolute atomic E-state index is 0.929. The quantitative estimate of drug-likeness (QED) is 0.509. The first-order valence-electron chi connectivity index (χ1n) is 4.41. The maximum Gasteiger partial charge on any atom is 0.0264 e. The van der Waals surface area contributed by atoms with Crippen LogP contribution in [0.1, 0.15) is 12.8 Å². The van der Waals surface area contributed by atoms with Crippen molar-refractivity contribution in [3.05, 3.63) is 0 Å². The van der Waals surface area contributed by atoms with Crippen LogP contribution in [0.5, 0.6) is 0 Å². The average Bonchev–Trinajstić information content (AvgIpc) is 2.35. The van der Waals surface area contributed by atoms with Gasteiger partial charge in [-0.15, -0.1) is 0 Å². The van der Waals surface area contributed by atoms with E-state index in [4.69, 9.17) is 0 Å². The molecule has 0 saturated carbocycles. The lowest BCUT2D eigenvalue weighted by Crippen LogP contribution is -2.48. The predicted molar refractivity (Wildman–Crippen MR) is 39.9 cm³/mol. The van der Waals surface area contributed by atoms with Gasteiger partial charge in [-0.05, 0) is 25.3 Å². The highest BCUT2D eigenvalue weighted by Crippen LogP contribution is 2.39. The number of rotatable bonds is 0. The molecule has 2 heteroatoms. The third-order valence-electron chi connectivity index (χ3n) is 3.49. The standard InChI is InChI=1S/C8H14N2/c1-2-10-7(1)3-6-4-9-5-8(6)10/h6-9H,1-5H2/t6-,7-,8-/m0/s1. The molecule has 0 unspecified atom stereocenters. The number of hydrogen-bond donors (Lipinski definition) is 1. The summed E-state index contributed by atoms with van der Waals surface area (Å²) >= 11 is 0. The molecule has 1 N–H and O–H groups in total. The van der Waals surface area contributed by atoms with Crippen molar-refractivity contribution in [3.8, 4) is 0 Å². The molecular weight excluding hydrogens is 124 g/mol. The van der Waals surface area contributed by atoms with Crippen LogP contribution in [0.15, 0.2) is 0 Å². The largest absolute Gasteiger partial charge is 0.315 e. The van der Waals surface area contributed by atoms with Gasteiger partial charge in [-0.1, -0.05) is 0 Å². The number of nitrogens with one attached hydrogen (secondary N) is 1. The Kier molecular flexibility index (Phi) is 0.968. The van der Waals surface area contributed by atoms with Crippen LogP contribution in [0.3, 0.4) is 0 Å². The second-order valence-corrected chi connectivity index (χ2v) is 3.90. The van der Waals surface area contributed by atoms with Crippen LogP contribution >= 0.6 is 0 Å². The Balaban J connectivity index is 1.85. The van der Waals surface area contributed by atoms with Crippen LogP contribution in [-0.4, -0.2) is 36.6 Å². The minimum atomic E-state index is 0.929. The fourth-order valence-electron chi connectivity index (χ4n) is 2.85. The summed E-state index contributed by atoms with van der Waals surface area (Å²) in [6, 6.07) is 1.93. The molecular formula is C8H14N2. The Bertz CT molecular complexity index is 155. The molecule has 0 amide bonds. The molecule has 3 atom stereocenters. The van der Waals surface area contributed by atoms with E-state index in [0.29, 0.717) is 0 Å². The Morgan fingerprint density at radius 3 is 3.10 bits per heavy atom. The summed E-state index contributed by atoms with van der Waals surface area (Å²) in [4.78, 5) is 2.70. The van der Waals surface area contributed by atoms with E-state index in [9.17, 15) is 0 Å². The van der Waals surface area contributed by atoms with Gasteiger partial charge in [-0.25, -0.2) is 0 Å². The minimum Gasteiger partial charge on any atom is -0.315 e. The third kappa shape index (κ3) is 0.523. The number of fused-ring (bicyclic) bond motifs is 3. The fourth-order valence-corrected chi connectivity index (χ4v) is 2.85. The first-order valence-corrected chi connectivity index (χ1v) is 4.41. The second-order valence-electron chi connectivity index (χ2n) is 3.90. The van der Waals surface area contributed by atoms with Crippen molar-refractivity contribution < 1.29 is 0 Å². The van der Waals surface area contributed by atoms with E-state index in [1.54, 1.807) is 0 Å². The lowest BCUT2D eigenvalue weighted by Gasteiger charge is -2.38. The molecule has 10 heavy (non-hydrogen) atoms. The van der Waals surface area contributed by atoms with Crippen LogP contribution in [-0.2, 0) is 0 Å². The summed E-state index contributed by atoms with van der Waals surface area (Å²) in [5.41, 5.74) is 0. The molecule has 3 aliphatic rings. The molecule has 3 saturated heterocycles. The van der Waals surface area contributed by atoms with Gasteiger partial charge in [0.15, 0.2) is 0 Å². The maximum absolute atomic E-state index is 3.47. The summed E-state index contributed by atoms with van der Waals surface area (Å²) in [5.74, 6) is 1.01. The number of hydrogen-bond acceptors (Lipinski definition) is 2. The molecule has 0 aliphatic carbocycles. The topological polar surface area (TPSA) is 15.3 Å². The summed E-state index contributed by atoms with van der Waals surface area (Å²) in [6.07, 6.45) is 2.96. The fraction of sp³-hybridized carbons (Fsp3) is 1.00. The zero-order valence-electron chi connectivity index (χ0n) is 6.21. The first kappa shape index (κ1) is 5.56. The summed E-state index contributed by atoms with van der Waals surface area (Å²) in [6.45, 7) is 3.94. The van der Waals surface area contributed by atoms with Crippen molar-refractivity contribution in [1.82, 2.24) is 10.2 Å². The van der Waals surface area contributed by atoms with E-state index in [1.165, 1.54) is 32.5 Å². The van der Waals surface area contributed by atoms with Crippen molar-refractivity contribution in [2.75, 3.05) is 19.6 Å². The molecule has 0 radical (unpaired) electrons. The molecule has 0 bridgehead atoms. The third-order valence-corrected chi connectivity index (χ3v) is 3.49. The monoisotopic (exact) mass is 138 g/mol. The lowest BCUT2D eigenvalue weighted by molar-refractivity contribution is 0.0977. The van der Waals surface area contributed by atoms with Crippen molar-refractivity contribution in [3.63, 3.8) is 0 Å². The molecule has 0 aromatic carbocycles. The van der Waals surface area contributed by atoms with Crippen molar-refractivity contribution >= 4 is 0 Å². The molecule has 0 aromatic rings. The van der Waals surface area contributed by atoms with Gasteiger partial charge in [-0.3, -0.25) is 4.90 Å². The van der Waals surface area contributed by atoms with Crippen LogP contribution < -0.4 is 5.32 Å². The Morgan fingerprint density at radius 2 is 2.30 bits per heavy atom. The predicted octanol–water partition coefficient (Wildman–Crippen LogP) is 0.0524. The van der Waals surface area contributed by atoms with Gasteiger partial charge in [0.2, 0.25) is 0 Å². The summed E-state index contributed by atoms with van der Waals surface area (Å²) in [7, 11) is 0. The zero-order valence-corrected chi connectivity index (χ0v) is 6.21. The van der Waals surface area contributed by atoms with Gasteiger partial charge in [0, 0.05) is 25.2 Å². The molecule has 0 aromatic heterocycles. The van der Waals surface area contributed by atoms with Gasteiger partial charge < -0.3 is 5.32 Å². The molecule has 0 spiro atoms. The molecule has 3 rings (SSSR count). The highest BCUT2D eigenvalue weighted by Gasteiger charge is 2.47. The van der Waals surface area contributed by atoms with E-state index in [0.717, 1.165) is 18.0 Å². The normalized spacial score (nSPS) is 52.2. The SMILES string of the molecule is C1NC[C@H]2[C@H]1C[C@@H]1CCN12. The van der Waals surface area contributed by atoms with Crippen molar-refractivity contribution in [2.24, 2.45) is 5.92 Å². The van der Waals surface area contributed by atoms with Crippen LogP contribution in [0.25, 0.3) is 0 Å². The number of nitrogens with zero attached hydrogens (tertiary/aromatic N) is 1. The van der Waals surface area contributed by atoms with Crippen molar-refractivity contribution in [2.45, 2.75) is 24.9 Å². The summed E-state index contributed by atoms with van der Waals surface area (Å²) < 4.78 is 0. The van der Waals surface area contributed by atoms with Crippen LogP contribution in [0, 0.1) is 5.92 Å². The van der Waals surface area contributed by atoms with Gasteiger partial charge in [-0.2, -0.15) is 0 Å². The molecule has 3 heterocycles. The Labute approximate surface area is 61.6 Å². The van der Waals surface area contributed by atoms with Gasteiger partial charge in [0.05, 0.1) is 0 Å². The highest BCUT2D eigenvalue weighted by molar-refractivity contribution is 5.04. The van der Waals surface area contributed by atoms with Gasteiger partial charge in [0.25, 0.3) is 0 Å². The van der Waals surface area contributed by atoms with E-state index in [-0.39, 0.29) is 0 Å². The Hall–Kier alpha value is -0.0800. The maximum atomic E-state index is 3.47. The zero-order chi connectivity index (χ0) is 6.55. The molecule has 56 valence electrons. The smallest absolute Gasteiger partial charge is 0.0264 e. The molecule has 3 fully saturated rings. The van der Waals surface area contributed by atoms with Crippen LogP contribution in [0.2, 0.25) is 0 Å². The van der Waals surface area contributed by atoms with E-state index in [1.807, 2.05) is 0 Å². The van der Waals surface area contributed by atoms with Gasteiger partial charge in [0.1, 0.15) is 0 Å². The molecule has 2 nitrogen and oxygen atoms in total. The van der Waals surface area contributed by atoms with E-state index < -0.39 is 0 Å². The van der Waals surface area contributed by atoms with Gasteiger partial charge >= 0.3 is 0 Å². The second kappa shape index (κ2) is 1.74. The average molecular weight is 138 g/mol. The summed E-state index contributed by atoms with van der Waals surface area (Å²) in [5, 5.41) is 3.47. The van der Waals surface area contributed by atoms with E-state index >= 15 is 0 Å². The molecule has 3 aliphatic heterocycles. The highest BCUT2D eigenvalue weighted by atomic mass is 15.3.